The molecule has 2 aliphatic rings. The van der Waals surface area contributed by atoms with E-state index in [9.17, 15) is 14.4 Å². The highest BCUT2D eigenvalue weighted by molar-refractivity contribution is 5.95. The molecule has 2 aliphatic heterocycles. The minimum absolute atomic E-state index is 0.0571. The van der Waals surface area contributed by atoms with Crippen molar-refractivity contribution in [2.75, 3.05) is 13.2 Å². The van der Waals surface area contributed by atoms with Crippen LogP contribution in [0.15, 0.2) is 48.8 Å². The van der Waals surface area contributed by atoms with E-state index in [1.54, 1.807) is 17.3 Å². The minimum Gasteiger partial charge on any atom is -0.368 e. The number of carbonyl (C=O) groups excluding carboxylic acids is 3. The number of fused-ring (bicyclic) bond motifs is 1. The van der Waals surface area contributed by atoms with Gasteiger partial charge in [-0.2, -0.15) is 0 Å². The summed E-state index contributed by atoms with van der Waals surface area (Å²) in [5, 5.41) is 2.88. The molecule has 2 amide bonds. The van der Waals surface area contributed by atoms with Gasteiger partial charge in [0.25, 0.3) is 0 Å². The number of nitrogens with one attached hydrogen (secondary N) is 1. The lowest BCUT2D eigenvalue weighted by molar-refractivity contribution is -0.138. The number of ketones is 1. The fraction of sp³-hybridized carbons (Fsp3) is 0.435. The van der Waals surface area contributed by atoms with E-state index in [2.05, 4.69) is 5.32 Å². The minimum atomic E-state index is -0.688. The zero-order valence-electron chi connectivity index (χ0n) is 17.3. The number of rotatable bonds is 5. The van der Waals surface area contributed by atoms with E-state index in [0.717, 1.165) is 11.1 Å². The molecule has 0 bridgehead atoms. The molecule has 2 aromatic rings. The maximum absolute atomic E-state index is 13.3. The Hall–Kier alpha value is -2.93. The highest BCUT2D eigenvalue weighted by Crippen LogP contribution is 2.28. The number of aromatic nitrogens is 1. The van der Waals surface area contributed by atoms with Crippen LogP contribution >= 0.6 is 0 Å². The number of Topliss-reactive ketones (excluding diaryl/α,β-unsaturated/α-hetero) is 1. The Kier molecular flexibility index (Phi) is 5.72. The molecular formula is C23H27N3O4. The Bertz CT molecular complexity index is 937. The van der Waals surface area contributed by atoms with Gasteiger partial charge in [0.15, 0.2) is 5.78 Å². The van der Waals surface area contributed by atoms with Crippen molar-refractivity contribution >= 4 is 17.7 Å². The molecule has 0 spiro atoms. The number of amides is 2. The predicted molar refractivity (Wildman–Crippen MR) is 112 cm³/mol. The zero-order valence-corrected chi connectivity index (χ0v) is 17.3. The molecule has 3 heterocycles. The Morgan fingerprint density at radius 2 is 1.93 bits per heavy atom. The largest absolute Gasteiger partial charge is 0.368 e. The summed E-state index contributed by atoms with van der Waals surface area (Å²) < 4.78 is 6.95. The third kappa shape index (κ3) is 4.03. The van der Waals surface area contributed by atoms with Crippen LogP contribution in [0.3, 0.4) is 0 Å². The molecule has 3 unspecified atom stereocenters. The second kappa shape index (κ2) is 8.44. The summed E-state index contributed by atoms with van der Waals surface area (Å²) in [6, 6.07) is 10.1. The first-order valence-corrected chi connectivity index (χ1v) is 10.4. The first-order chi connectivity index (χ1) is 14.4. The molecule has 1 aromatic carbocycles. The van der Waals surface area contributed by atoms with Crippen LogP contribution < -0.4 is 5.32 Å². The Morgan fingerprint density at radius 1 is 1.17 bits per heavy atom. The molecule has 2 saturated heterocycles. The van der Waals surface area contributed by atoms with E-state index in [0.29, 0.717) is 19.4 Å². The molecule has 7 nitrogen and oxygen atoms in total. The van der Waals surface area contributed by atoms with E-state index in [4.69, 9.17) is 4.74 Å². The predicted octanol–water partition coefficient (Wildman–Crippen LogP) is 2.70. The summed E-state index contributed by atoms with van der Waals surface area (Å²) in [6.07, 6.45) is 4.38. The standard InChI is InChI=1S/C23H27N3O4/c1-15(2)12-18(22(28)26-11-9-20-21(26)19(27)14-30-20)24-23(29)25-10-8-17(13-25)16-6-4-3-5-7-16/h3-8,10,13,15,18,20-21H,9,11-12,14H2,1-2H3,(H,24,29). The van der Waals surface area contributed by atoms with Gasteiger partial charge in [0.2, 0.25) is 5.91 Å². The van der Waals surface area contributed by atoms with E-state index in [-0.39, 0.29) is 36.4 Å². The van der Waals surface area contributed by atoms with Crippen LogP contribution in [0.4, 0.5) is 4.79 Å². The number of ether oxygens (including phenoxy) is 1. The van der Waals surface area contributed by atoms with E-state index in [1.807, 2.05) is 50.2 Å². The van der Waals surface area contributed by atoms with Crippen LogP contribution in [0, 0.1) is 5.92 Å². The van der Waals surface area contributed by atoms with Gasteiger partial charge in [-0.3, -0.25) is 14.2 Å². The summed E-state index contributed by atoms with van der Waals surface area (Å²) in [5.41, 5.74) is 1.94. The van der Waals surface area contributed by atoms with Crippen molar-refractivity contribution in [2.45, 2.75) is 44.9 Å². The maximum atomic E-state index is 13.3. The summed E-state index contributed by atoms with van der Waals surface area (Å²) in [7, 11) is 0. The van der Waals surface area contributed by atoms with E-state index in [1.165, 1.54) is 4.57 Å². The van der Waals surface area contributed by atoms with Crippen molar-refractivity contribution in [3.63, 3.8) is 0 Å². The van der Waals surface area contributed by atoms with Crippen LogP contribution in [0.2, 0.25) is 0 Å². The molecule has 3 atom stereocenters. The molecule has 0 saturated carbocycles. The molecular weight excluding hydrogens is 382 g/mol. The number of benzene rings is 1. The Labute approximate surface area is 176 Å². The molecule has 0 radical (unpaired) electrons. The second-order valence-electron chi connectivity index (χ2n) is 8.39. The SMILES string of the molecule is CC(C)CC(NC(=O)n1ccc(-c2ccccc2)c1)C(=O)N1CCC2OCC(=O)C21. The highest BCUT2D eigenvalue weighted by Gasteiger charge is 2.48. The van der Waals surface area contributed by atoms with Gasteiger partial charge < -0.3 is 15.0 Å². The third-order valence-corrected chi connectivity index (χ3v) is 5.73. The first kappa shape index (κ1) is 20.3. The maximum Gasteiger partial charge on any atom is 0.326 e. The van der Waals surface area contributed by atoms with Crippen molar-refractivity contribution in [2.24, 2.45) is 5.92 Å². The quantitative estimate of drug-likeness (QED) is 0.823. The van der Waals surface area contributed by atoms with Crippen molar-refractivity contribution in [3.8, 4) is 11.1 Å². The van der Waals surface area contributed by atoms with Gasteiger partial charge in [0.05, 0.1) is 6.10 Å². The fourth-order valence-corrected chi connectivity index (χ4v) is 4.28. The topological polar surface area (TPSA) is 80.6 Å². The lowest BCUT2D eigenvalue weighted by atomic mass is 10.0. The number of hydrogen-bond donors (Lipinski definition) is 1. The summed E-state index contributed by atoms with van der Waals surface area (Å²) in [4.78, 5) is 39.9. The van der Waals surface area contributed by atoms with E-state index >= 15 is 0 Å². The van der Waals surface area contributed by atoms with Gasteiger partial charge in [0.1, 0.15) is 18.7 Å². The van der Waals surface area contributed by atoms with Gasteiger partial charge in [-0.15, -0.1) is 0 Å². The second-order valence-corrected chi connectivity index (χ2v) is 8.39. The molecule has 158 valence electrons. The number of hydrogen-bond acceptors (Lipinski definition) is 4. The highest BCUT2D eigenvalue weighted by atomic mass is 16.5. The molecule has 1 aromatic heterocycles. The lowest BCUT2D eigenvalue weighted by Gasteiger charge is -2.28. The first-order valence-electron chi connectivity index (χ1n) is 10.4. The summed E-state index contributed by atoms with van der Waals surface area (Å²) >= 11 is 0. The van der Waals surface area contributed by atoms with Crippen molar-refractivity contribution in [1.29, 1.82) is 0 Å². The van der Waals surface area contributed by atoms with Crippen LogP contribution in [-0.2, 0) is 14.3 Å². The fourth-order valence-electron chi connectivity index (χ4n) is 4.28. The van der Waals surface area contributed by atoms with Gasteiger partial charge in [-0.1, -0.05) is 44.2 Å². The smallest absolute Gasteiger partial charge is 0.326 e. The van der Waals surface area contributed by atoms with Gasteiger partial charge in [-0.05, 0) is 36.0 Å². The van der Waals surface area contributed by atoms with Gasteiger partial charge in [0, 0.05) is 18.9 Å². The molecule has 1 N–H and O–H groups in total. The van der Waals surface area contributed by atoms with Crippen LogP contribution in [0.1, 0.15) is 26.7 Å². The van der Waals surface area contributed by atoms with Crippen molar-refractivity contribution < 1.29 is 19.1 Å². The van der Waals surface area contributed by atoms with Crippen LogP contribution in [0.25, 0.3) is 11.1 Å². The normalized spacial score (nSPS) is 21.7. The molecule has 30 heavy (non-hydrogen) atoms. The molecule has 7 heteroatoms. The van der Waals surface area contributed by atoms with Crippen molar-refractivity contribution in [3.05, 3.63) is 48.8 Å². The van der Waals surface area contributed by atoms with Gasteiger partial charge >= 0.3 is 6.03 Å². The number of nitrogens with zero attached hydrogens (tertiary/aromatic N) is 2. The van der Waals surface area contributed by atoms with E-state index < -0.39 is 12.1 Å². The Morgan fingerprint density at radius 3 is 2.67 bits per heavy atom. The molecule has 4 rings (SSSR count). The average molecular weight is 409 g/mol. The lowest BCUT2D eigenvalue weighted by Crippen LogP contribution is -2.53. The number of carbonyl (C=O) groups is 3. The zero-order chi connectivity index (χ0) is 21.3. The summed E-state index contributed by atoms with van der Waals surface area (Å²) in [6.45, 7) is 4.55. The third-order valence-electron chi connectivity index (χ3n) is 5.73. The number of likely N-dealkylation sites (tertiary alicyclic amines) is 1. The van der Waals surface area contributed by atoms with Crippen LogP contribution in [0.5, 0.6) is 0 Å². The van der Waals surface area contributed by atoms with Crippen LogP contribution in [-0.4, -0.2) is 58.5 Å². The van der Waals surface area contributed by atoms with Gasteiger partial charge in [-0.25, -0.2) is 4.79 Å². The molecule has 0 aliphatic carbocycles. The van der Waals surface area contributed by atoms with Crippen molar-refractivity contribution in [1.82, 2.24) is 14.8 Å². The average Bonchev–Trinajstić information content (AvgIpc) is 3.45. The monoisotopic (exact) mass is 409 g/mol. The summed E-state index contributed by atoms with van der Waals surface area (Å²) in [5.74, 6) is -0.0602. The molecule has 2 fully saturated rings. The Balaban J connectivity index is 1.49.